The van der Waals surface area contributed by atoms with Gasteiger partial charge < -0.3 is 5.21 Å². The van der Waals surface area contributed by atoms with Gasteiger partial charge in [-0.2, -0.15) is 0 Å². The summed E-state index contributed by atoms with van der Waals surface area (Å²) in [6.45, 7) is 5.43. The van der Waals surface area contributed by atoms with Gasteiger partial charge in [0.2, 0.25) is 0 Å². The van der Waals surface area contributed by atoms with Gasteiger partial charge in [-0.05, 0) is 37.0 Å². The third kappa shape index (κ3) is 2.80. The van der Waals surface area contributed by atoms with Crippen molar-refractivity contribution in [1.82, 2.24) is 5.48 Å². The highest BCUT2D eigenvalue weighted by Crippen LogP contribution is 2.37. The van der Waals surface area contributed by atoms with Gasteiger partial charge in [-0.15, -0.1) is 0 Å². The lowest BCUT2D eigenvalue weighted by molar-refractivity contribution is 0.116. The Morgan fingerprint density at radius 3 is 2.36 bits per heavy atom. The third-order valence-electron chi connectivity index (χ3n) is 2.84. The van der Waals surface area contributed by atoms with Crippen molar-refractivity contribution in [2.75, 3.05) is 6.54 Å². The molecule has 0 amide bonds. The monoisotopic (exact) mass is 157 g/mol. The molecule has 1 saturated carbocycles. The number of rotatable bonds is 2. The van der Waals surface area contributed by atoms with E-state index in [1.54, 1.807) is 0 Å². The first-order valence-corrected chi connectivity index (χ1v) is 4.51. The van der Waals surface area contributed by atoms with Crippen LogP contribution < -0.4 is 5.48 Å². The molecule has 2 N–H and O–H groups in total. The molecule has 1 fully saturated rings. The van der Waals surface area contributed by atoms with Gasteiger partial charge in [0.15, 0.2) is 0 Å². The normalized spacial score (nSPS) is 25.4. The Kier molecular flexibility index (Phi) is 2.90. The molecular weight excluding hydrogens is 138 g/mol. The number of hydroxylamine groups is 1. The predicted octanol–water partition coefficient (Wildman–Crippen LogP) is 2.18. The SMILES string of the molecule is CC1(C)CCC(CNO)CC1. The summed E-state index contributed by atoms with van der Waals surface area (Å²) in [6.07, 6.45) is 5.14. The Labute approximate surface area is 69.0 Å². The van der Waals surface area contributed by atoms with Gasteiger partial charge in [0.05, 0.1) is 0 Å². The van der Waals surface area contributed by atoms with Crippen molar-refractivity contribution in [2.45, 2.75) is 39.5 Å². The van der Waals surface area contributed by atoms with E-state index in [9.17, 15) is 0 Å². The fourth-order valence-corrected chi connectivity index (χ4v) is 1.79. The summed E-state index contributed by atoms with van der Waals surface area (Å²) < 4.78 is 0. The molecule has 0 aromatic heterocycles. The highest BCUT2D eigenvalue weighted by atomic mass is 16.5. The van der Waals surface area contributed by atoms with Crippen LogP contribution in [-0.2, 0) is 0 Å². The molecular formula is C9H19NO. The van der Waals surface area contributed by atoms with Gasteiger partial charge in [-0.25, -0.2) is 5.48 Å². The Morgan fingerprint density at radius 1 is 1.36 bits per heavy atom. The minimum absolute atomic E-state index is 0.548. The Balaban J connectivity index is 2.25. The van der Waals surface area contributed by atoms with Gasteiger partial charge in [0.1, 0.15) is 0 Å². The van der Waals surface area contributed by atoms with Crippen molar-refractivity contribution in [3.63, 3.8) is 0 Å². The molecule has 1 rings (SSSR count). The fraction of sp³-hybridized carbons (Fsp3) is 1.00. The van der Waals surface area contributed by atoms with Crippen molar-refractivity contribution in [1.29, 1.82) is 0 Å². The van der Waals surface area contributed by atoms with Gasteiger partial charge in [-0.1, -0.05) is 13.8 Å². The number of hydrogen-bond donors (Lipinski definition) is 2. The van der Waals surface area contributed by atoms with E-state index >= 15 is 0 Å². The molecule has 2 heteroatoms. The Hall–Kier alpha value is -0.0800. The summed E-state index contributed by atoms with van der Waals surface area (Å²) >= 11 is 0. The zero-order chi connectivity index (χ0) is 8.32. The largest absolute Gasteiger partial charge is 0.317 e. The molecule has 1 aliphatic carbocycles. The Morgan fingerprint density at radius 2 is 1.91 bits per heavy atom. The van der Waals surface area contributed by atoms with Crippen LogP contribution in [0.2, 0.25) is 0 Å². The van der Waals surface area contributed by atoms with Crippen LogP contribution in [0.25, 0.3) is 0 Å². The summed E-state index contributed by atoms with van der Waals surface area (Å²) in [6, 6.07) is 0. The van der Waals surface area contributed by atoms with E-state index in [0.717, 1.165) is 6.54 Å². The average molecular weight is 157 g/mol. The molecule has 66 valence electrons. The minimum atomic E-state index is 0.548. The van der Waals surface area contributed by atoms with E-state index in [1.165, 1.54) is 25.7 Å². The molecule has 2 nitrogen and oxygen atoms in total. The van der Waals surface area contributed by atoms with Crippen molar-refractivity contribution in [3.05, 3.63) is 0 Å². The molecule has 0 aromatic carbocycles. The summed E-state index contributed by atoms with van der Waals surface area (Å²) in [4.78, 5) is 0. The van der Waals surface area contributed by atoms with Gasteiger partial charge in [-0.3, -0.25) is 0 Å². The first kappa shape index (κ1) is 9.01. The van der Waals surface area contributed by atoms with Crippen LogP contribution in [-0.4, -0.2) is 11.8 Å². The van der Waals surface area contributed by atoms with Crippen molar-refractivity contribution in [3.8, 4) is 0 Å². The molecule has 0 heterocycles. The smallest absolute Gasteiger partial charge is 0.0235 e. The quantitative estimate of drug-likeness (QED) is 0.602. The van der Waals surface area contributed by atoms with Crippen LogP contribution in [0, 0.1) is 11.3 Å². The maximum Gasteiger partial charge on any atom is 0.0235 e. The molecule has 0 atom stereocenters. The van der Waals surface area contributed by atoms with E-state index in [1.807, 2.05) is 0 Å². The van der Waals surface area contributed by atoms with E-state index in [2.05, 4.69) is 19.3 Å². The zero-order valence-electron chi connectivity index (χ0n) is 7.56. The van der Waals surface area contributed by atoms with Crippen LogP contribution in [0.5, 0.6) is 0 Å². The van der Waals surface area contributed by atoms with Gasteiger partial charge in [0, 0.05) is 6.54 Å². The lowest BCUT2D eigenvalue weighted by Gasteiger charge is -2.33. The molecule has 0 saturated heterocycles. The molecule has 11 heavy (non-hydrogen) atoms. The topological polar surface area (TPSA) is 32.3 Å². The van der Waals surface area contributed by atoms with Crippen LogP contribution in [0.4, 0.5) is 0 Å². The molecule has 1 aliphatic rings. The van der Waals surface area contributed by atoms with E-state index in [0.29, 0.717) is 11.3 Å². The second kappa shape index (κ2) is 3.55. The molecule has 0 radical (unpaired) electrons. The van der Waals surface area contributed by atoms with E-state index in [-0.39, 0.29) is 0 Å². The van der Waals surface area contributed by atoms with E-state index in [4.69, 9.17) is 5.21 Å². The van der Waals surface area contributed by atoms with Gasteiger partial charge in [0.25, 0.3) is 0 Å². The zero-order valence-corrected chi connectivity index (χ0v) is 7.56. The van der Waals surface area contributed by atoms with Crippen LogP contribution in [0.15, 0.2) is 0 Å². The third-order valence-corrected chi connectivity index (χ3v) is 2.84. The molecule has 0 bridgehead atoms. The second-order valence-electron chi connectivity index (χ2n) is 4.47. The maximum absolute atomic E-state index is 8.50. The van der Waals surface area contributed by atoms with Gasteiger partial charge >= 0.3 is 0 Å². The standard InChI is InChI=1S/C9H19NO/c1-9(2)5-3-8(4-6-9)7-10-11/h8,10-11H,3-7H2,1-2H3. The van der Waals surface area contributed by atoms with E-state index < -0.39 is 0 Å². The number of nitrogens with one attached hydrogen (secondary N) is 1. The summed E-state index contributed by atoms with van der Waals surface area (Å²) in [5.41, 5.74) is 2.81. The molecule has 0 aliphatic heterocycles. The first-order chi connectivity index (χ1) is 5.14. The lowest BCUT2D eigenvalue weighted by Crippen LogP contribution is -2.27. The summed E-state index contributed by atoms with van der Waals surface area (Å²) in [5, 5.41) is 8.50. The second-order valence-corrected chi connectivity index (χ2v) is 4.47. The first-order valence-electron chi connectivity index (χ1n) is 4.51. The summed E-state index contributed by atoms with van der Waals surface area (Å²) in [5.74, 6) is 0.702. The van der Waals surface area contributed by atoms with Crippen LogP contribution in [0.1, 0.15) is 39.5 Å². The summed E-state index contributed by atoms with van der Waals surface area (Å²) in [7, 11) is 0. The maximum atomic E-state index is 8.50. The minimum Gasteiger partial charge on any atom is -0.317 e. The highest BCUT2D eigenvalue weighted by molar-refractivity contribution is 4.78. The molecule has 0 spiro atoms. The van der Waals surface area contributed by atoms with Crippen molar-refractivity contribution < 1.29 is 5.21 Å². The Bertz CT molecular complexity index is 113. The number of hydrogen-bond acceptors (Lipinski definition) is 2. The van der Waals surface area contributed by atoms with Crippen molar-refractivity contribution >= 4 is 0 Å². The molecule has 0 aromatic rings. The fourth-order valence-electron chi connectivity index (χ4n) is 1.79. The lowest BCUT2D eigenvalue weighted by atomic mass is 9.73. The highest BCUT2D eigenvalue weighted by Gasteiger charge is 2.26. The van der Waals surface area contributed by atoms with Crippen LogP contribution >= 0.6 is 0 Å². The molecule has 0 unspecified atom stereocenters. The predicted molar refractivity (Wildman–Crippen MR) is 45.5 cm³/mol. The average Bonchev–Trinajstić information content (AvgIpc) is 1.94. The van der Waals surface area contributed by atoms with Crippen molar-refractivity contribution in [2.24, 2.45) is 11.3 Å². The van der Waals surface area contributed by atoms with Crippen LogP contribution in [0.3, 0.4) is 0 Å².